The number of carbonyl (C=O) groups is 3. The van der Waals surface area contributed by atoms with Gasteiger partial charge < -0.3 is 24.5 Å². The Morgan fingerprint density at radius 3 is 2.41 bits per heavy atom. The molecule has 4 aliphatic heterocycles. The summed E-state index contributed by atoms with van der Waals surface area (Å²) in [5.41, 5.74) is -0.769. The van der Waals surface area contributed by atoms with Crippen LogP contribution in [-0.2, 0) is 19.1 Å². The van der Waals surface area contributed by atoms with Crippen LogP contribution in [0.1, 0.15) is 57.9 Å². The molecular formula is C32H42ClN3O5. The van der Waals surface area contributed by atoms with Crippen molar-refractivity contribution in [3.8, 4) is 0 Å². The summed E-state index contributed by atoms with van der Waals surface area (Å²) in [5, 5.41) is 9.67. The number of aryl methyl sites for hydroxylation is 1. The molecule has 222 valence electrons. The van der Waals surface area contributed by atoms with E-state index in [1.54, 1.807) is 15.9 Å². The van der Waals surface area contributed by atoms with Crippen molar-refractivity contribution in [3.63, 3.8) is 0 Å². The molecule has 0 aliphatic carbocycles. The molecule has 2 fully saturated rings. The first-order chi connectivity index (χ1) is 19.8. The molecule has 9 heteroatoms. The molecule has 0 saturated carbocycles. The third kappa shape index (κ3) is 4.82. The largest absolute Gasteiger partial charge is 0.396 e. The fourth-order valence-corrected chi connectivity index (χ4v) is 7.76. The first kappa shape index (κ1) is 29.8. The Balaban J connectivity index is 1.61. The van der Waals surface area contributed by atoms with E-state index in [1.165, 1.54) is 0 Å². The number of unbranched alkanes of at least 4 members (excludes halogenated alkanes) is 3. The quantitative estimate of drug-likeness (QED) is 0.328. The zero-order valence-electron chi connectivity index (χ0n) is 24.4. The fourth-order valence-electron chi connectivity index (χ4n) is 7.43. The second-order valence-electron chi connectivity index (χ2n) is 11.7. The lowest BCUT2D eigenvalue weighted by Crippen LogP contribution is -2.56. The van der Waals surface area contributed by atoms with Crippen LogP contribution < -0.4 is 4.90 Å². The molecule has 2 saturated heterocycles. The Morgan fingerprint density at radius 2 is 1.71 bits per heavy atom. The standard InChI is InChI=1S/C32H42ClN3O5/c1-4-17-34-18-11-15-31(5-2)24(28(34)38)25-29(39)36(19-8-6-7-9-21-37)27-30(40)35(20-12-16-32(25,27)41-31)26-22(3)13-10-14-23(26)33/h10-16,24-25,27,37H,4-9,17-21H2,1-3H3/t24-,25-,27?,31+,32-/m0/s1. The molecule has 0 aromatic heterocycles. The Kier molecular flexibility index (Phi) is 8.65. The number of fused-ring (bicyclic) bond motifs is 2. The monoisotopic (exact) mass is 583 g/mol. The van der Waals surface area contributed by atoms with E-state index in [0.717, 1.165) is 24.8 Å². The molecule has 1 spiro atoms. The minimum atomic E-state index is -1.28. The maximum Gasteiger partial charge on any atom is 0.253 e. The summed E-state index contributed by atoms with van der Waals surface area (Å²) >= 11 is 6.65. The average molecular weight is 584 g/mol. The minimum absolute atomic E-state index is 0.0821. The summed E-state index contributed by atoms with van der Waals surface area (Å²) in [4.78, 5) is 48.6. The van der Waals surface area contributed by atoms with Gasteiger partial charge in [-0.25, -0.2) is 0 Å². The second-order valence-corrected chi connectivity index (χ2v) is 12.1. The number of aliphatic hydroxyl groups is 1. The van der Waals surface area contributed by atoms with Gasteiger partial charge in [0.2, 0.25) is 11.8 Å². The predicted octanol–water partition coefficient (Wildman–Crippen LogP) is 4.27. The van der Waals surface area contributed by atoms with E-state index in [4.69, 9.17) is 16.3 Å². The molecule has 1 aromatic carbocycles. The Hall–Kier alpha value is -2.68. The molecule has 8 nitrogen and oxygen atoms in total. The maximum atomic E-state index is 14.7. The van der Waals surface area contributed by atoms with Gasteiger partial charge in [0.1, 0.15) is 11.6 Å². The number of carbonyl (C=O) groups excluding carboxylic acids is 3. The van der Waals surface area contributed by atoms with Crippen molar-refractivity contribution in [1.29, 1.82) is 0 Å². The second kappa shape index (κ2) is 11.9. The highest BCUT2D eigenvalue weighted by molar-refractivity contribution is 6.34. The van der Waals surface area contributed by atoms with E-state index < -0.39 is 29.1 Å². The van der Waals surface area contributed by atoms with Crippen LogP contribution in [0.25, 0.3) is 0 Å². The molecule has 0 radical (unpaired) electrons. The fraction of sp³-hybridized carbons (Fsp3) is 0.594. The van der Waals surface area contributed by atoms with Crippen LogP contribution in [0.15, 0.2) is 42.5 Å². The van der Waals surface area contributed by atoms with E-state index in [1.807, 2.05) is 62.1 Å². The number of hydrogen-bond donors (Lipinski definition) is 1. The number of hydrogen-bond acceptors (Lipinski definition) is 5. The zero-order chi connectivity index (χ0) is 29.4. The van der Waals surface area contributed by atoms with Crippen molar-refractivity contribution in [1.82, 2.24) is 9.80 Å². The molecule has 5 atom stereocenters. The highest BCUT2D eigenvalue weighted by Gasteiger charge is 2.75. The van der Waals surface area contributed by atoms with Gasteiger partial charge in [-0.05, 0) is 44.2 Å². The summed E-state index contributed by atoms with van der Waals surface area (Å²) in [6.45, 7) is 7.81. The average Bonchev–Trinajstić information content (AvgIpc) is 3.24. The van der Waals surface area contributed by atoms with Crippen LogP contribution in [0.3, 0.4) is 0 Å². The lowest BCUT2D eigenvalue weighted by atomic mass is 9.73. The van der Waals surface area contributed by atoms with E-state index >= 15 is 0 Å². The summed E-state index contributed by atoms with van der Waals surface area (Å²) in [7, 11) is 0. The molecule has 41 heavy (non-hydrogen) atoms. The third-order valence-corrected chi connectivity index (χ3v) is 9.59. The molecule has 4 aliphatic rings. The van der Waals surface area contributed by atoms with Gasteiger partial charge in [0.15, 0.2) is 0 Å². The number of amides is 3. The topological polar surface area (TPSA) is 90.4 Å². The molecule has 0 bridgehead atoms. The van der Waals surface area contributed by atoms with Crippen molar-refractivity contribution >= 4 is 35.0 Å². The van der Waals surface area contributed by atoms with E-state index in [0.29, 0.717) is 49.6 Å². The Bertz CT molecular complexity index is 1230. The molecule has 1 aromatic rings. The van der Waals surface area contributed by atoms with Crippen LogP contribution in [0.4, 0.5) is 5.69 Å². The van der Waals surface area contributed by atoms with Crippen LogP contribution in [0, 0.1) is 18.8 Å². The number of para-hydroxylation sites is 1. The molecule has 4 heterocycles. The molecule has 5 rings (SSSR count). The number of ether oxygens (including phenoxy) is 1. The molecule has 1 N–H and O–H groups in total. The summed E-state index contributed by atoms with van der Waals surface area (Å²) < 4.78 is 7.04. The normalized spacial score (nSPS) is 30.9. The molecular weight excluding hydrogens is 542 g/mol. The van der Waals surface area contributed by atoms with Gasteiger partial charge in [-0.15, -0.1) is 0 Å². The first-order valence-corrected chi connectivity index (χ1v) is 15.5. The van der Waals surface area contributed by atoms with Crippen molar-refractivity contribution in [2.75, 3.05) is 37.7 Å². The van der Waals surface area contributed by atoms with Gasteiger partial charge in [-0.3, -0.25) is 14.4 Å². The predicted molar refractivity (Wildman–Crippen MR) is 159 cm³/mol. The smallest absolute Gasteiger partial charge is 0.253 e. The summed E-state index contributed by atoms with van der Waals surface area (Å²) in [6.07, 6.45) is 12.1. The van der Waals surface area contributed by atoms with E-state index in [9.17, 15) is 19.5 Å². The summed E-state index contributed by atoms with van der Waals surface area (Å²) in [5.74, 6) is -2.07. The highest BCUT2D eigenvalue weighted by Crippen LogP contribution is 2.58. The number of likely N-dealkylation sites (tertiary alicyclic amines) is 1. The number of anilines is 1. The van der Waals surface area contributed by atoms with Crippen LogP contribution in [0.5, 0.6) is 0 Å². The van der Waals surface area contributed by atoms with Crippen molar-refractivity contribution in [2.45, 2.75) is 76.5 Å². The van der Waals surface area contributed by atoms with Crippen molar-refractivity contribution in [3.05, 3.63) is 53.1 Å². The van der Waals surface area contributed by atoms with Gasteiger partial charge in [0.25, 0.3) is 5.91 Å². The van der Waals surface area contributed by atoms with E-state index in [-0.39, 0.29) is 30.9 Å². The minimum Gasteiger partial charge on any atom is -0.396 e. The SMILES string of the molecule is CCCN1CC=C[C@@]2(CC)O[C@]34C=CCN(c5c(C)cccc5Cl)C(=O)C3N(CCCCCCO)C(=O)[C@@H]4[C@H]2C1=O. The van der Waals surface area contributed by atoms with Gasteiger partial charge in [-0.2, -0.15) is 0 Å². The van der Waals surface area contributed by atoms with Crippen LogP contribution >= 0.6 is 11.6 Å². The van der Waals surface area contributed by atoms with Gasteiger partial charge >= 0.3 is 0 Å². The molecule has 1 unspecified atom stereocenters. The van der Waals surface area contributed by atoms with Crippen LogP contribution in [0.2, 0.25) is 5.02 Å². The first-order valence-electron chi connectivity index (χ1n) is 15.1. The van der Waals surface area contributed by atoms with Gasteiger partial charge in [0, 0.05) is 32.8 Å². The number of rotatable bonds is 10. The van der Waals surface area contributed by atoms with Crippen molar-refractivity contribution in [2.24, 2.45) is 11.8 Å². The van der Waals surface area contributed by atoms with Crippen molar-refractivity contribution < 1.29 is 24.2 Å². The molecule has 3 amide bonds. The number of nitrogens with zero attached hydrogens (tertiary/aromatic N) is 3. The summed E-state index contributed by atoms with van der Waals surface area (Å²) in [6, 6.07) is 4.62. The lowest BCUT2D eigenvalue weighted by Gasteiger charge is -2.38. The maximum absolute atomic E-state index is 14.7. The lowest BCUT2D eigenvalue weighted by molar-refractivity contribution is -0.150. The number of aliphatic hydroxyl groups excluding tert-OH is 1. The highest BCUT2D eigenvalue weighted by atomic mass is 35.5. The third-order valence-electron chi connectivity index (χ3n) is 9.28. The number of halogens is 1. The Labute approximate surface area is 247 Å². The van der Waals surface area contributed by atoms with Gasteiger partial charge in [0.05, 0.1) is 28.1 Å². The van der Waals surface area contributed by atoms with Gasteiger partial charge in [-0.1, -0.05) is 74.7 Å². The zero-order valence-corrected chi connectivity index (χ0v) is 25.1. The Morgan fingerprint density at radius 1 is 0.951 bits per heavy atom. The van der Waals surface area contributed by atoms with E-state index in [2.05, 4.69) is 0 Å². The van der Waals surface area contributed by atoms with Crippen LogP contribution in [-0.4, -0.2) is 82.7 Å². The number of benzene rings is 1.